The van der Waals surface area contributed by atoms with Gasteiger partial charge in [0.1, 0.15) is 0 Å². The fourth-order valence-electron chi connectivity index (χ4n) is 5.28. The van der Waals surface area contributed by atoms with E-state index in [0.717, 1.165) is 17.1 Å². The molecule has 0 aliphatic heterocycles. The zero-order chi connectivity index (χ0) is 24.7. The molecule has 6 rings (SSSR count). The van der Waals surface area contributed by atoms with Crippen LogP contribution in [0.5, 0.6) is 0 Å². The molecule has 0 radical (unpaired) electrons. The molecule has 6 aromatic rings. The molecule has 0 atom stereocenters. The van der Waals surface area contributed by atoms with Gasteiger partial charge in [-0.05, 0) is 86.5 Å². The van der Waals surface area contributed by atoms with Crippen LogP contribution in [0.15, 0.2) is 127 Å². The monoisotopic (exact) mass is 466 g/mol. The number of para-hydroxylation sites is 3. The van der Waals surface area contributed by atoms with Gasteiger partial charge in [-0.15, -0.1) is 0 Å². The highest BCUT2D eigenvalue weighted by Gasteiger charge is 2.20. The number of anilines is 3. The Kier molecular flexibility index (Phi) is 5.38. The molecule has 0 saturated carbocycles. The Morgan fingerprint density at radius 3 is 1.58 bits per heavy atom. The van der Waals surface area contributed by atoms with Crippen molar-refractivity contribution in [2.24, 2.45) is 0 Å². The van der Waals surface area contributed by atoms with Crippen LogP contribution in [0, 0.1) is 0 Å². The summed E-state index contributed by atoms with van der Waals surface area (Å²) in [6.07, 6.45) is 0. The summed E-state index contributed by atoms with van der Waals surface area (Å²) in [5, 5.41) is 2.61. The molecule has 5 aromatic carbocycles. The molecule has 2 nitrogen and oxygen atoms in total. The SMILES string of the molecule is CC(C)(C)n1c2ccccc2c2cc(-c3ccc(N(c4ccccc4)c4ccccc4)cc3)ccc21. The van der Waals surface area contributed by atoms with Gasteiger partial charge in [0.05, 0.1) is 0 Å². The third-order valence-electron chi connectivity index (χ3n) is 6.83. The molecule has 176 valence electrons. The second-order valence-electron chi connectivity index (χ2n) is 10.3. The smallest absolute Gasteiger partial charge is 0.0496 e. The maximum atomic E-state index is 2.46. The third-order valence-corrected chi connectivity index (χ3v) is 6.83. The molecular weight excluding hydrogens is 436 g/mol. The largest absolute Gasteiger partial charge is 0.335 e. The fourth-order valence-corrected chi connectivity index (χ4v) is 5.28. The lowest BCUT2D eigenvalue weighted by atomic mass is 10.0. The van der Waals surface area contributed by atoms with Crippen LogP contribution in [0.1, 0.15) is 20.8 Å². The summed E-state index contributed by atoms with van der Waals surface area (Å²) in [6, 6.07) is 45.6. The fraction of sp³-hybridized carbons (Fsp3) is 0.118. The van der Waals surface area contributed by atoms with Gasteiger partial charge in [0.15, 0.2) is 0 Å². The van der Waals surface area contributed by atoms with Crippen molar-refractivity contribution < 1.29 is 0 Å². The number of fused-ring (bicyclic) bond motifs is 3. The maximum Gasteiger partial charge on any atom is 0.0496 e. The van der Waals surface area contributed by atoms with Crippen molar-refractivity contribution >= 4 is 38.9 Å². The Bertz CT molecular complexity index is 1600. The Hall–Kier alpha value is -4.30. The molecule has 0 spiro atoms. The van der Waals surface area contributed by atoms with Gasteiger partial charge < -0.3 is 9.47 Å². The molecule has 2 heteroatoms. The quantitative estimate of drug-likeness (QED) is 0.251. The van der Waals surface area contributed by atoms with Crippen LogP contribution >= 0.6 is 0 Å². The minimum atomic E-state index is 0.00283. The number of benzene rings is 5. The molecule has 0 amide bonds. The van der Waals surface area contributed by atoms with Crippen molar-refractivity contribution in [3.63, 3.8) is 0 Å². The number of hydrogen-bond acceptors (Lipinski definition) is 1. The molecule has 0 saturated heterocycles. The van der Waals surface area contributed by atoms with Gasteiger partial charge in [-0.2, -0.15) is 0 Å². The molecule has 36 heavy (non-hydrogen) atoms. The number of hydrogen-bond donors (Lipinski definition) is 0. The summed E-state index contributed by atoms with van der Waals surface area (Å²) in [7, 11) is 0. The van der Waals surface area contributed by atoms with Crippen LogP contribution in [0.4, 0.5) is 17.1 Å². The van der Waals surface area contributed by atoms with Gasteiger partial charge in [-0.1, -0.05) is 72.8 Å². The summed E-state index contributed by atoms with van der Waals surface area (Å²) >= 11 is 0. The Morgan fingerprint density at radius 1 is 0.472 bits per heavy atom. The molecule has 0 unspecified atom stereocenters. The molecule has 0 aliphatic carbocycles. The van der Waals surface area contributed by atoms with Gasteiger partial charge in [0, 0.05) is 44.4 Å². The average Bonchev–Trinajstić information content (AvgIpc) is 3.25. The first kappa shape index (κ1) is 22.2. The van der Waals surface area contributed by atoms with E-state index in [1.54, 1.807) is 0 Å². The van der Waals surface area contributed by atoms with Crippen LogP contribution in [0.25, 0.3) is 32.9 Å². The lowest BCUT2D eigenvalue weighted by molar-refractivity contribution is 0.423. The van der Waals surface area contributed by atoms with Gasteiger partial charge in [-0.3, -0.25) is 0 Å². The van der Waals surface area contributed by atoms with E-state index < -0.39 is 0 Å². The lowest BCUT2D eigenvalue weighted by Crippen LogP contribution is -2.21. The van der Waals surface area contributed by atoms with Crippen molar-refractivity contribution in [3.05, 3.63) is 127 Å². The van der Waals surface area contributed by atoms with E-state index in [2.05, 4.69) is 158 Å². The average molecular weight is 467 g/mol. The van der Waals surface area contributed by atoms with Gasteiger partial charge in [-0.25, -0.2) is 0 Å². The van der Waals surface area contributed by atoms with E-state index in [1.807, 2.05) is 0 Å². The van der Waals surface area contributed by atoms with Crippen molar-refractivity contribution in [2.75, 3.05) is 4.90 Å². The Labute approximate surface area is 213 Å². The molecule has 0 fully saturated rings. The lowest BCUT2D eigenvalue weighted by Gasteiger charge is -2.25. The van der Waals surface area contributed by atoms with Crippen LogP contribution in [0.2, 0.25) is 0 Å². The van der Waals surface area contributed by atoms with Gasteiger partial charge in [0.2, 0.25) is 0 Å². The summed E-state index contributed by atoms with van der Waals surface area (Å²) in [5.41, 5.74) is 8.45. The van der Waals surface area contributed by atoms with E-state index in [0.29, 0.717) is 0 Å². The van der Waals surface area contributed by atoms with Crippen molar-refractivity contribution in [2.45, 2.75) is 26.3 Å². The first-order chi connectivity index (χ1) is 17.5. The molecule has 0 aliphatic rings. The Balaban J connectivity index is 1.44. The molecule has 1 heterocycles. The van der Waals surface area contributed by atoms with E-state index in [9.17, 15) is 0 Å². The highest BCUT2D eigenvalue weighted by molar-refractivity contribution is 6.09. The third kappa shape index (κ3) is 3.85. The van der Waals surface area contributed by atoms with E-state index >= 15 is 0 Å². The zero-order valence-electron chi connectivity index (χ0n) is 21.0. The first-order valence-corrected chi connectivity index (χ1v) is 12.5. The maximum absolute atomic E-state index is 2.46. The summed E-state index contributed by atoms with van der Waals surface area (Å²) < 4.78 is 2.46. The highest BCUT2D eigenvalue weighted by Crippen LogP contribution is 2.38. The summed E-state index contributed by atoms with van der Waals surface area (Å²) in [6.45, 7) is 6.82. The molecule has 0 bridgehead atoms. The summed E-state index contributed by atoms with van der Waals surface area (Å²) in [4.78, 5) is 2.30. The molecule has 0 N–H and O–H groups in total. The van der Waals surface area contributed by atoms with Crippen LogP contribution < -0.4 is 4.90 Å². The predicted octanol–water partition coefficient (Wildman–Crippen LogP) is 9.69. The second kappa shape index (κ2) is 8.73. The van der Waals surface area contributed by atoms with Crippen molar-refractivity contribution in [3.8, 4) is 11.1 Å². The van der Waals surface area contributed by atoms with Crippen LogP contribution in [0.3, 0.4) is 0 Å². The van der Waals surface area contributed by atoms with Gasteiger partial charge in [0.25, 0.3) is 0 Å². The van der Waals surface area contributed by atoms with Gasteiger partial charge >= 0.3 is 0 Å². The zero-order valence-corrected chi connectivity index (χ0v) is 21.0. The van der Waals surface area contributed by atoms with E-state index in [1.165, 1.54) is 32.9 Å². The Morgan fingerprint density at radius 2 is 0.972 bits per heavy atom. The van der Waals surface area contributed by atoms with Crippen molar-refractivity contribution in [1.82, 2.24) is 4.57 Å². The minimum absolute atomic E-state index is 0.00283. The van der Waals surface area contributed by atoms with Crippen LogP contribution in [-0.4, -0.2) is 4.57 Å². The topological polar surface area (TPSA) is 8.17 Å². The predicted molar refractivity (Wildman–Crippen MR) is 155 cm³/mol. The van der Waals surface area contributed by atoms with Crippen LogP contribution in [-0.2, 0) is 5.54 Å². The van der Waals surface area contributed by atoms with E-state index in [4.69, 9.17) is 0 Å². The normalized spacial score (nSPS) is 11.8. The molecule has 1 aromatic heterocycles. The number of aromatic nitrogens is 1. The molecular formula is C34H30N2. The standard InChI is InChI=1S/C34H30N2/c1-34(2,3)36-32-17-11-10-16-30(32)31-24-26(20-23-33(31)36)25-18-21-29(22-19-25)35(27-12-6-4-7-13-27)28-14-8-5-9-15-28/h4-24H,1-3H3. The highest BCUT2D eigenvalue weighted by atomic mass is 15.1. The number of rotatable bonds is 4. The van der Waals surface area contributed by atoms with Crippen molar-refractivity contribution in [1.29, 1.82) is 0 Å². The summed E-state index contributed by atoms with van der Waals surface area (Å²) in [5.74, 6) is 0. The minimum Gasteiger partial charge on any atom is -0.335 e. The second-order valence-corrected chi connectivity index (χ2v) is 10.3. The number of nitrogens with zero attached hydrogens (tertiary/aromatic N) is 2. The first-order valence-electron chi connectivity index (χ1n) is 12.5. The van der Waals surface area contributed by atoms with E-state index in [-0.39, 0.29) is 5.54 Å².